The molecule has 0 atom stereocenters. The van der Waals surface area contributed by atoms with Gasteiger partial charge in [-0.1, -0.05) is 18.6 Å². The van der Waals surface area contributed by atoms with E-state index in [4.69, 9.17) is 5.26 Å². The monoisotopic (exact) mass is 315 g/mol. The summed E-state index contributed by atoms with van der Waals surface area (Å²) in [5.41, 5.74) is 0.682. The normalized spacial score (nSPS) is 10.7. The lowest BCUT2D eigenvalue weighted by Gasteiger charge is -2.04. The maximum atomic E-state index is 11.9. The van der Waals surface area contributed by atoms with Gasteiger partial charge in [0.25, 0.3) is 5.91 Å². The number of carbonyl (C=O) groups excluding carboxylic acids is 2. The Morgan fingerprint density at radius 1 is 1.22 bits per heavy atom. The van der Waals surface area contributed by atoms with Gasteiger partial charge in [0.2, 0.25) is 5.91 Å². The summed E-state index contributed by atoms with van der Waals surface area (Å²) in [4.78, 5) is 23.0. The Balaban J connectivity index is 2.38. The minimum Gasteiger partial charge on any atom is -0.508 e. The Hall–Kier alpha value is -2.81. The summed E-state index contributed by atoms with van der Waals surface area (Å²) in [6.07, 6.45) is 4.30. The second-order valence-corrected chi connectivity index (χ2v) is 5.00. The predicted octanol–water partition coefficient (Wildman–Crippen LogP) is 1.72. The van der Waals surface area contributed by atoms with Gasteiger partial charge in [0, 0.05) is 20.0 Å². The summed E-state index contributed by atoms with van der Waals surface area (Å²) in [7, 11) is 1.60. The number of phenolic OH excluding ortho intramolecular Hbond substituents is 1. The van der Waals surface area contributed by atoms with Crippen LogP contribution in [0.25, 0.3) is 6.08 Å². The number of rotatable bonds is 8. The number of hydrogen-bond donors (Lipinski definition) is 3. The van der Waals surface area contributed by atoms with Crippen LogP contribution in [0, 0.1) is 11.3 Å². The van der Waals surface area contributed by atoms with Gasteiger partial charge in [0.1, 0.15) is 17.4 Å². The first-order valence-corrected chi connectivity index (χ1v) is 7.46. The molecular weight excluding hydrogens is 294 g/mol. The van der Waals surface area contributed by atoms with Gasteiger partial charge in [-0.05, 0) is 36.6 Å². The molecule has 1 aromatic rings. The van der Waals surface area contributed by atoms with Crippen molar-refractivity contribution in [3.63, 3.8) is 0 Å². The summed E-state index contributed by atoms with van der Waals surface area (Å²) < 4.78 is 0. The maximum Gasteiger partial charge on any atom is 0.261 e. The average Bonchev–Trinajstić information content (AvgIpc) is 2.56. The SMILES string of the molecule is CNC(=O)CCCCCNC(=O)/C(C#N)=C/c1ccc(O)cc1. The lowest BCUT2D eigenvalue weighted by Crippen LogP contribution is -2.25. The lowest BCUT2D eigenvalue weighted by molar-refractivity contribution is -0.121. The van der Waals surface area contributed by atoms with Crippen LogP contribution >= 0.6 is 0 Å². The van der Waals surface area contributed by atoms with Gasteiger partial charge >= 0.3 is 0 Å². The number of aromatic hydroxyl groups is 1. The second kappa shape index (κ2) is 10.0. The highest BCUT2D eigenvalue weighted by Crippen LogP contribution is 2.12. The number of nitrogens with zero attached hydrogens (tertiary/aromatic N) is 1. The molecule has 6 heteroatoms. The summed E-state index contributed by atoms with van der Waals surface area (Å²) >= 11 is 0. The molecule has 0 aliphatic rings. The van der Waals surface area contributed by atoms with Gasteiger partial charge < -0.3 is 15.7 Å². The standard InChI is InChI=1S/C17H21N3O3/c1-19-16(22)5-3-2-4-10-20-17(23)14(12-18)11-13-6-8-15(21)9-7-13/h6-9,11,21H,2-5,10H2,1H3,(H,19,22)(H,20,23)/b14-11+. The zero-order valence-corrected chi connectivity index (χ0v) is 13.1. The quantitative estimate of drug-likeness (QED) is 0.386. The highest BCUT2D eigenvalue weighted by Gasteiger charge is 2.08. The first kappa shape index (κ1) is 18.2. The van der Waals surface area contributed by atoms with E-state index in [2.05, 4.69) is 10.6 Å². The highest BCUT2D eigenvalue weighted by molar-refractivity contribution is 6.01. The summed E-state index contributed by atoms with van der Waals surface area (Å²) in [5, 5.41) is 23.5. The summed E-state index contributed by atoms with van der Waals surface area (Å²) in [5.74, 6) is -0.286. The van der Waals surface area contributed by atoms with E-state index < -0.39 is 5.91 Å². The molecule has 0 saturated heterocycles. The molecule has 0 fully saturated rings. The van der Waals surface area contributed by atoms with Crippen molar-refractivity contribution >= 4 is 17.9 Å². The molecule has 3 N–H and O–H groups in total. The van der Waals surface area contributed by atoms with E-state index in [1.807, 2.05) is 6.07 Å². The summed E-state index contributed by atoms with van der Waals surface area (Å²) in [6, 6.07) is 8.10. The highest BCUT2D eigenvalue weighted by atomic mass is 16.3. The van der Waals surface area contributed by atoms with Crippen LogP contribution in [0.5, 0.6) is 5.75 Å². The molecule has 1 aromatic carbocycles. The van der Waals surface area contributed by atoms with Crippen molar-refractivity contribution in [2.24, 2.45) is 0 Å². The Bertz CT molecular complexity index is 601. The van der Waals surface area contributed by atoms with Crippen molar-refractivity contribution in [3.05, 3.63) is 35.4 Å². The largest absolute Gasteiger partial charge is 0.508 e. The molecule has 0 aromatic heterocycles. The number of hydrogen-bond acceptors (Lipinski definition) is 4. The van der Waals surface area contributed by atoms with Crippen molar-refractivity contribution in [2.45, 2.75) is 25.7 Å². The van der Waals surface area contributed by atoms with Crippen molar-refractivity contribution in [3.8, 4) is 11.8 Å². The zero-order valence-electron chi connectivity index (χ0n) is 13.1. The molecule has 1 rings (SSSR count). The molecule has 0 bridgehead atoms. The number of unbranched alkanes of at least 4 members (excludes halogenated alkanes) is 2. The fourth-order valence-electron chi connectivity index (χ4n) is 1.90. The minimum absolute atomic E-state index is 0.0117. The molecule has 0 spiro atoms. The molecule has 0 heterocycles. The van der Waals surface area contributed by atoms with E-state index in [1.165, 1.54) is 18.2 Å². The van der Waals surface area contributed by atoms with Gasteiger partial charge in [-0.3, -0.25) is 9.59 Å². The molecule has 0 radical (unpaired) electrons. The van der Waals surface area contributed by atoms with Crippen molar-refractivity contribution < 1.29 is 14.7 Å². The van der Waals surface area contributed by atoms with E-state index in [-0.39, 0.29) is 17.2 Å². The van der Waals surface area contributed by atoms with E-state index in [1.54, 1.807) is 19.2 Å². The molecule has 0 saturated carbocycles. The minimum atomic E-state index is -0.424. The third-order valence-electron chi connectivity index (χ3n) is 3.21. The number of nitriles is 1. The number of carbonyl (C=O) groups is 2. The van der Waals surface area contributed by atoms with Crippen molar-refractivity contribution in [2.75, 3.05) is 13.6 Å². The van der Waals surface area contributed by atoms with Crippen LogP contribution in [0.1, 0.15) is 31.2 Å². The van der Waals surface area contributed by atoms with Gasteiger partial charge in [-0.2, -0.15) is 5.26 Å². The van der Waals surface area contributed by atoms with Crippen LogP contribution in [0.4, 0.5) is 0 Å². The lowest BCUT2D eigenvalue weighted by atomic mass is 10.1. The molecular formula is C17H21N3O3. The number of nitrogens with one attached hydrogen (secondary N) is 2. The van der Waals surface area contributed by atoms with Gasteiger partial charge in [-0.15, -0.1) is 0 Å². The third kappa shape index (κ3) is 7.14. The Morgan fingerprint density at radius 2 is 1.91 bits per heavy atom. The molecule has 6 nitrogen and oxygen atoms in total. The van der Waals surface area contributed by atoms with E-state index in [0.717, 1.165) is 19.3 Å². The molecule has 122 valence electrons. The number of phenols is 1. The zero-order chi connectivity index (χ0) is 17.1. The Morgan fingerprint density at radius 3 is 2.52 bits per heavy atom. The van der Waals surface area contributed by atoms with Gasteiger partial charge in [0.15, 0.2) is 0 Å². The molecule has 0 aliphatic carbocycles. The second-order valence-electron chi connectivity index (χ2n) is 5.00. The third-order valence-corrected chi connectivity index (χ3v) is 3.21. The first-order chi connectivity index (χ1) is 11.1. The van der Waals surface area contributed by atoms with E-state index >= 15 is 0 Å². The Kier molecular flexibility index (Phi) is 7.94. The molecule has 0 unspecified atom stereocenters. The van der Waals surface area contributed by atoms with Crippen LogP contribution in [0.2, 0.25) is 0 Å². The van der Waals surface area contributed by atoms with E-state index in [9.17, 15) is 14.7 Å². The first-order valence-electron chi connectivity index (χ1n) is 7.46. The Labute approximate surface area is 135 Å². The molecule has 0 aliphatic heterocycles. The smallest absolute Gasteiger partial charge is 0.261 e. The van der Waals surface area contributed by atoms with Crippen LogP contribution in [0.15, 0.2) is 29.8 Å². The predicted molar refractivity (Wildman–Crippen MR) is 87.2 cm³/mol. The summed E-state index contributed by atoms with van der Waals surface area (Å²) in [6.45, 7) is 0.459. The van der Waals surface area contributed by atoms with Crippen LogP contribution in [-0.4, -0.2) is 30.5 Å². The van der Waals surface area contributed by atoms with Gasteiger partial charge in [-0.25, -0.2) is 0 Å². The van der Waals surface area contributed by atoms with Gasteiger partial charge in [0.05, 0.1) is 0 Å². The van der Waals surface area contributed by atoms with E-state index in [0.29, 0.717) is 18.5 Å². The van der Waals surface area contributed by atoms with Crippen LogP contribution in [0.3, 0.4) is 0 Å². The van der Waals surface area contributed by atoms with Crippen molar-refractivity contribution in [1.82, 2.24) is 10.6 Å². The number of benzene rings is 1. The number of amides is 2. The van der Waals surface area contributed by atoms with Crippen LogP contribution in [-0.2, 0) is 9.59 Å². The fraction of sp³-hybridized carbons (Fsp3) is 0.353. The maximum absolute atomic E-state index is 11.9. The molecule has 23 heavy (non-hydrogen) atoms. The molecule has 2 amide bonds. The van der Waals surface area contributed by atoms with Crippen molar-refractivity contribution in [1.29, 1.82) is 5.26 Å². The topological polar surface area (TPSA) is 102 Å². The van der Waals surface area contributed by atoms with Crippen LogP contribution < -0.4 is 10.6 Å². The average molecular weight is 315 g/mol. The fourth-order valence-corrected chi connectivity index (χ4v) is 1.90.